The Bertz CT molecular complexity index is 1010. The zero-order chi connectivity index (χ0) is 17.1. The third kappa shape index (κ3) is 3.61. The lowest BCUT2D eigenvalue weighted by Crippen LogP contribution is -2.21. The van der Waals surface area contributed by atoms with Gasteiger partial charge in [-0.25, -0.2) is 0 Å². The van der Waals surface area contributed by atoms with Gasteiger partial charge >= 0.3 is 0 Å². The second kappa shape index (κ2) is 7.40. The van der Waals surface area contributed by atoms with E-state index in [1.807, 2.05) is 30.5 Å². The van der Waals surface area contributed by atoms with Crippen molar-refractivity contribution >= 4 is 49.6 Å². The molecule has 0 saturated carbocycles. The minimum absolute atomic E-state index is 0.710. The molecular formula is C20H18ClN3S. The Labute approximate surface area is 155 Å². The van der Waals surface area contributed by atoms with Crippen LogP contribution < -0.4 is 10.6 Å². The number of nitrogens with zero attached hydrogens (tertiary/aromatic N) is 1. The molecule has 0 bridgehead atoms. The van der Waals surface area contributed by atoms with Crippen molar-refractivity contribution in [1.82, 2.24) is 10.3 Å². The fourth-order valence-electron chi connectivity index (χ4n) is 2.95. The predicted octanol–water partition coefficient (Wildman–Crippen LogP) is 5.30. The lowest BCUT2D eigenvalue weighted by Gasteiger charge is -2.10. The summed E-state index contributed by atoms with van der Waals surface area (Å²) in [5, 5.41) is 12.4. The highest BCUT2D eigenvalue weighted by molar-refractivity contribution is 7.17. The molecule has 0 aliphatic rings. The van der Waals surface area contributed by atoms with E-state index in [9.17, 15) is 0 Å². The first-order valence-electron chi connectivity index (χ1n) is 8.25. The average molecular weight is 368 g/mol. The number of nitrogens with one attached hydrogen (secondary N) is 2. The molecule has 4 rings (SSSR count). The monoisotopic (exact) mass is 367 g/mol. The van der Waals surface area contributed by atoms with Crippen molar-refractivity contribution in [3.8, 4) is 0 Å². The second-order valence-electron chi connectivity index (χ2n) is 5.88. The fourth-order valence-corrected chi connectivity index (χ4v) is 4.08. The van der Waals surface area contributed by atoms with Crippen LogP contribution in [-0.4, -0.2) is 18.1 Å². The average Bonchev–Trinajstić information content (AvgIpc) is 3.04. The number of fused-ring (bicyclic) bond motifs is 2. The Morgan fingerprint density at radius 3 is 2.88 bits per heavy atom. The Morgan fingerprint density at radius 2 is 1.92 bits per heavy atom. The van der Waals surface area contributed by atoms with Gasteiger partial charge in [0.2, 0.25) is 0 Å². The number of halogens is 1. The SMILES string of the molecule is Clc1ccc2c(NCCNCc3csc4ccccc34)ccnc2c1. The minimum atomic E-state index is 0.710. The van der Waals surface area contributed by atoms with Crippen LogP contribution in [0.4, 0.5) is 5.69 Å². The molecule has 2 aromatic carbocycles. The summed E-state index contributed by atoms with van der Waals surface area (Å²) in [6.45, 7) is 2.63. The van der Waals surface area contributed by atoms with Crippen molar-refractivity contribution in [3.05, 3.63) is 70.7 Å². The first kappa shape index (κ1) is 16.3. The van der Waals surface area contributed by atoms with E-state index in [0.29, 0.717) is 5.02 Å². The molecule has 126 valence electrons. The molecule has 2 N–H and O–H groups in total. The molecule has 0 aliphatic heterocycles. The first-order chi connectivity index (χ1) is 12.3. The van der Waals surface area contributed by atoms with Crippen molar-refractivity contribution in [2.75, 3.05) is 18.4 Å². The highest BCUT2D eigenvalue weighted by atomic mass is 35.5. The van der Waals surface area contributed by atoms with Crippen LogP contribution in [0.3, 0.4) is 0 Å². The molecule has 0 saturated heterocycles. The van der Waals surface area contributed by atoms with Crippen molar-refractivity contribution in [1.29, 1.82) is 0 Å². The first-order valence-corrected chi connectivity index (χ1v) is 9.51. The molecule has 2 heterocycles. The summed E-state index contributed by atoms with van der Waals surface area (Å²) in [7, 11) is 0. The van der Waals surface area contributed by atoms with E-state index < -0.39 is 0 Å². The van der Waals surface area contributed by atoms with Crippen LogP contribution in [0.2, 0.25) is 5.02 Å². The number of rotatable bonds is 6. The van der Waals surface area contributed by atoms with E-state index in [-0.39, 0.29) is 0 Å². The lowest BCUT2D eigenvalue weighted by molar-refractivity contribution is 0.711. The predicted molar refractivity (Wildman–Crippen MR) is 109 cm³/mol. The minimum Gasteiger partial charge on any atom is -0.383 e. The van der Waals surface area contributed by atoms with Crippen LogP contribution >= 0.6 is 22.9 Å². The molecule has 0 radical (unpaired) electrons. The molecule has 0 unspecified atom stereocenters. The van der Waals surface area contributed by atoms with Gasteiger partial charge < -0.3 is 10.6 Å². The van der Waals surface area contributed by atoms with Gasteiger partial charge in [0, 0.05) is 46.6 Å². The summed E-state index contributed by atoms with van der Waals surface area (Å²) in [4.78, 5) is 4.37. The zero-order valence-corrected chi connectivity index (χ0v) is 15.2. The van der Waals surface area contributed by atoms with E-state index in [1.165, 1.54) is 15.6 Å². The maximum absolute atomic E-state index is 6.04. The van der Waals surface area contributed by atoms with Crippen molar-refractivity contribution in [2.24, 2.45) is 0 Å². The number of hydrogen-bond donors (Lipinski definition) is 2. The fraction of sp³-hybridized carbons (Fsp3) is 0.150. The van der Waals surface area contributed by atoms with Crippen LogP contribution in [0.1, 0.15) is 5.56 Å². The van der Waals surface area contributed by atoms with Crippen molar-refractivity contribution in [3.63, 3.8) is 0 Å². The Balaban J connectivity index is 1.34. The Hall–Kier alpha value is -2.14. The smallest absolute Gasteiger partial charge is 0.0737 e. The van der Waals surface area contributed by atoms with Gasteiger partial charge in [-0.3, -0.25) is 4.98 Å². The summed E-state index contributed by atoms with van der Waals surface area (Å²) in [6, 6.07) is 16.4. The standard InChI is InChI=1S/C20H18ClN3S/c21-15-5-6-17-18(7-8-23-19(17)11-15)24-10-9-22-12-14-13-25-20-4-2-1-3-16(14)20/h1-8,11,13,22H,9-10,12H2,(H,23,24). The molecule has 0 atom stereocenters. The number of thiophene rings is 1. The van der Waals surface area contributed by atoms with E-state index >= 15 is 0 Å². The highest BCUT2D eigenvalue weighted by Crippen LogP contribution is 2.26. The summed E-state index contributed by atoms with van der Waals surface area (Å²) in [5.74, 6) is 0. The maximum atomic E-state index is 6.04. The van der Waals surface area contributed by atoms with Gasteiger partial charge in [-0.2, -0.15) is 0 Å². The topological polar surface area (TPSA) is 37.0 Å². The van der Waals surface area contributed by atoms with Gasteiger partial charge in [-0.15, -0.1) is 11.3 Å². The molecule has 0 fully saturated rings. The Morgan fingerprint density at radius 1 is 1.00 bits per heavy atom. The normalized spacial score (nSPS) is 11.2. The molecule has 0 spiro atoms. The second-order valence-corrected chi connectivity index (χ2v) is 7.23. The lowest BCUT2D eigenvalue weighted by atomic mass is 10.2. The largest absolute Gasteiger partial charge is 0.383 e. The third-order valence-electron chi connectivity index (χ3n) is 4.20. The van der Waals surface area contributed by atoms with Gasteiger partial charge in [0.1, 0.15) is 0 Å². The van der Waals surface area contributed by atoms with Crippen LogP contribution in [0, 0.1) is 0 Å². The quantitative estimate of drug-likeness (QED) is 0.454. The van der Waals surface area contributed by atoms with Crippen LogP contribution in [-0.2, 0) is 6.54 Å². The van der Waals surface area contributed by atoms with Crippen LogP contribution in [0.5, 0.6) is 0 Å². The van der Waals surface area contributed by atoms with E-state index in [1.54, 1.807) is 11.3 Å². The summed E-state index contributed by atoms with van der Waals surface area (Å²) >= 11 is 7.84. The highest BCUT2D eigenvalue weighted by Gasteiger charge is 2.04. The van der Waals surface area contributed by atoms with Gasteiger partial charge in [0.25, 0.3) is 0 Å². The summed E-state index contributed by atoms with van der Waals surface area (Å²) < 4.78 is 1.35. The molecular weight excluding hydrogens is 350 g/mol. The molecule has 0 amide bonds. The maximum Gasteiger partial charge on any atom is 0.0737 e. The van der Waals surface area contributed by atoms with Gasteiger partial charge in [-0.05, 0) is 46.7 Å². The van der Waals surface area contributed by atoms with Gasteiger partial charge in [0.15, 0.2) is 0 Å². The van der Waals surface area contributed by atoms with E-state index in [2.05, 4.69) is 45.3 Å². The number of pyridine rings is 1. The third-order valence-corrected chi connectivity index (χ3v) is 5.45. The molecule has 4 aromatic rings. The number of anilines is 1. The van der Waals surface area contributed by atoms with Crippen LogP contribution in [0.15, 0.2) is 60.1 Å². The summed E-state index contributed by atoms with van der Waals surface area (Å²) in [6.07, 6.45) is 1.81. The zero-order valence-electron chi connectivity index (χ0n) is 13.6. The molecule has 25 heavy (non-hydrogen) atoms. The van der Waals surface area contributed by atoms with Gasteiger partial charge in [-0.1, -0.05) is 29.8 Å². The number of hydrogen-bond acceptors (Lipinski definition) is 4. The molecule has 5 heteroatoms. The summed E-state index contributed by atoms with van der Waals surface area (Å²) in [5.41, 5.74) is 3.37. The molecule has 2 aromatic heterocycles. The molecule has 0 aliphatic carbocycles. The molecule has 3 nitrogen and oxygen atoms in total. The van der Waals surface area contributed by atoms with Gasteiger partial charge in [0.05, 0.1) is 5.52 Å². The van der Waals surface area contributed by atoms with Crippen molar-refractivity contribution < 1.29 is 0 Å². The van der Waals surface area contributed by atoms with Crippen LogP contribution in [0.25, 0.3) is 21.0 Å². The van der Waals surface area contributed by atoms with E-state index in [4.69, 9.17) is 11.6 Å². The van der Waals surface area contributed by atoms with E-state index in [0.717, 1.165) is 36.2 Å². The van der Waals surface area contributed by atoms with Crippen molar-refractivity contribution in [2.45, 2.75) is 6.54 Å². The number of aromatic nitrogens is 1. The number of benzene rings is 2. The Kier molecular flexibility index (Phi) is 4.83.